The van der Waals surface area contributed by atoms with Gasteiger partial charge in [-0.15, -0.1) is 11.3 Å². The smallest absolute Gasteiger partial charge is 0.257 e. The van der Waals surface area contributed by atoms with Crippen LogP contribution in [0, 0.1) is 18.6 Å². The number of nitrogen functional groups attached to an aromatic ring is 1. The number of thiazole rings is 1. The Morgan fingerprint density at radius 2 is 2.21 bits per heavy atom. The van der Waals surface area contributed by atoms with Crippen LogP contribution in [0.2, 0.25) is 0 Å². The molecular formula is C12H11F2N3OS. The van der Waals surface area contributed by atoms with Crippen molar-refractivity contribution in [2.45, 2.75) is 13.5 Å². The van der Waals surface area contributed by atoms with E-state index in [2.05, 4.69) is 10.3 Å². The zero-order chi connectivity index (χ0) is 14.0. The van der Waals surface area contributed by atoms with Crippen molar-refractivity contribution in [2.75, 3.05) is 5.73 Å². The number of hydrogen-bond donors (Lipinski definition) is 2. The minimum absolute atomic E-state index is 0.108. The van der Waals surface area contributed by atoms with E-state index in [1.807, 2.05) is 6.92 Å². The van der Waals surface area contributed by atoms with E-state index in [1.54, 1.807) is 5.38 Å². The molecule has 1 aromatic carbocycles. The number of nitrogens with two attached hydrogens (primary N) is 1. The van der Waals surface area contributed by atoms with Crippen molar-refractivity contribution >= 4 is 22.9 Å². The molecule has 0 bridgehead atoms. The summed E-state index contributed by atoms with van der Waals surface area (Å²) >= 11 is 1.43. The summed E-state index contributed by atoms with van der Waals surface area (Å²) in [5.74, 6) is -2.85. The number of hydrogen-bond acceptors (Lipinski definition) is 4. The molecule has 0 saturated heterocycles. The Labute approximate surface area is 112 Å². The normalized spacial score (nSPS) is 10.5. The zero-order valence-electron chi connectivity index (χ0n) is 10.0. The molecule has 1 heterocycles. The van der Waals surface area contributed by atoms with Crippen LogP contribution in [0.5, 0.6) is 0 Å². The standard InChI is InChI=1S/C12H11F2N3OS/c1-6-17-7(5-19-6)4-16-12(18)10-8(13)2-3-9(15)11(10)14/h2-3,5H,4,15H2,1H3,(H,16,18). The molecule has 4 nitrogen and oxygen atoms in total. The van der Waals surface area contributed by atoms with Crippen LogP contribution in [0.4, 0.5) is 14.5 Å². The Bertz CT molecular complexity index is 627. The van der Waals surface area contributed by atoms with Crippen molar-refractivity contribution in [2.24, 2.45) is 0 Å². The van der Waals surface area contributed by atoms with E-state index in [0.29, 0.717) is 5.69 Å². The van der Waals surface area contributed by atoms with Gasteiger partial charge in [0, 0.05) is 5.38 Å². The lowest BCUT2D eigenvalue weighted by molar-refractivity contribution is 0.0942. The van der Waals surface area contributed by atoms with Crippen LogP contribution in [0.1, 0.15) is 21.1 Å². The monoisotopic (exact) mass is 283 g/mol. The number of carbonyl (C=O) groups excluding carboxylic acids is 1. The number of nitrogens with one attached hydrogen (secondary N) is 1. The second kappa shape index (κ2) is 5.31. The first-order valence-corrected chi connectivity index (χ1v) is 6.29. The first-order chi connectivity index (χ1) is 8.99. The van der Waals surface area contributed by atoms with E-state index in [1.165, 1.54) is 11.3 Å². The van der Waals surface area contributed by atoms with Gasteiger partial charge in [0.25, 0.3) is 5.91 Å². The summed E-state index contributed by atoms with van der Waals surface area (Å²) < 4.78 is 27.0. The maximum absolute atomic E-state index is 13.6. The Kier molecular flexibility index (Phi) is 3.75. The van der Waals surface area contributed by atoms with E-state index in [-0.39, 0.29) is 12.2 Å². The van der Waals surface area contributed by atoms with E-state index in [0.717, 1.165) is 17.1 Å². The van der Waals surface area contributed by atoms with Crippen LogP contribution >= 0.6 is 11.3 Å². The average Bonchev–Trinajstić information content (AvgIpc) is 2.78. The fourth-order valence-corrected chi connectivity index (χ4v) is 2.14. The highest BCUT2D eigenvalue weighted by Crippen LogP contribution is 2.18. The molecule has 19 heavy (non-hydrogen) atoms. The maximum Gasteiger partial charge on any atom is 0.257 e. The quantitative estimate of drug-likeness (QED) is 0.849. The van der Waals surface area contributed by atoms with Gasteiger partial charge in [-0.05, 0) is 19.1 Å². The van der Waals surface area contributed by atoms with Gasteiger partial charge in [0.15, 0.2) is 5.82 Å². The summed E-state index contributed by atoms with van der Waals surface area (Å²) in [5.41, 5.74) is 5.00. The molecule has 3 N–H and O–H groups in total. The van der Waals surface area contributed by atoms with E-state index >= 15 is 0 Å². The van der Waals surface area contributed by atoms with Gasteiger partial charge in [-0.2, -0.15) is 0 Å². The van der Waals surface area contributed by atoms with E-state index in [4.69, 9.17) is 5.73 Å². The van der Waals surface area contributed by atoms with Gasteiger partial charge >= 0.3 is 0 Å². The zero-order valence-corrected chi connectivity index (χ0v) is 10.9. The molecule has 7 heteroatoms. The third kappa shape index (κ3) is 2.87. The Morgan fingerprint density at radius 1 is 1.47 bits per heavy atom. The second-order valence-corrected chi connectivity index (χ2v) is 4.93. The lowest BCUT2D eigenvalue weighted by atomic mass is 10.1. The average molecular weight is 283 g/mol. The number of amides is 1. The van der Waals surface area contributed by atoms with Crippen molar-refractivity contribution in [3.8, 4) is 0 Å². The number of nitrogens with zero attached hydrogens (tertiary/aromatic N) is 1. The van der Waals surface area contributed by atoms with Gasteiger partial charge in [0.2, 0.25) is 0 Å². The summed E-state index contributed by atoms with van der Waals surface area (Å²) in [4.78, 5) is 15.9. The minimum atomic E-state index is -1.05. The number of aryl methyl sites for hydroxylation is 1. The van der Waals surface area contributed by atoms with Crippen molar-refractivity contribution in [3.05, 3.63) is 45.4 Å². The molecule has 0 aliphatic carbocycles. The number of anilines is 1. The predicted molar refractivity (Wildman–Crippen MR) is 68.8 cm³/mol. The molecule has 2 aromatic rings. The lowest BCUT2D eigenvalue weighted by Crippen LogP contribution is -2.25. The molecule has 1 amide bonds. The molecule has 0 aliphatic heterocycles. The highest BCUT2D eigenvalue weighted by Gasteiger charge is 2.19. The number of rotatable bonds is 3. The van der Waals surface area contributed by atoms with Crippen LogP contribution in [0.3, 0.4) is 0 Å². The summed E-state index contributed by atoms with van der Waals surface area (Å²) in [7, 11) is 0. The van der Waals surface area contributed by atoms with Crippen LogP contribution in [0.25, 0.3) is 0 Å². The molecule has 0 unspecified atom stereocenters. The summed E-state index contributed by atoms with van der Waals surface area (Å²) in [5, 5.41) is 5.03. The molecule has 2 rings (SSSR count). The summed E-state index contributed by atoms with van der Waals surface area (Å²) in [6.45, 7) is 1.93. The first kappa shape index (κ1) is 13.4. The predicted octanol–water partition coefficient (Wildman–Crippen LogP) is 2.24. The number of benzene rings is 1. The molecule has 1 aromatic heterocycles. The number of halogens is 2. The third-order valence-corrected chi connectivity index (χ3v) is 3.27. The fourth-order valence-electron chi connectivity index (χ4n) is 1.53. The van der Waals surface area contributed by atoms with Gasteiger partial charge < -0.3 is 11.1 Å². The molecule has 0 fully saturated rings. The molecule has 0 atom stereocenters. The van der Waals surface area contributed by atoms with Crippen LogP contribution in [-0.2, 0) is 6.54 Å². The highest BCUT2D eigenvalue weighted by molar-refractivity contribution is 7.09. The van der Waals surface area contributed by atoms with E-state index < -0.39 is 23.1 Å². The number of carbonyl (C=O) groups is 1. The first-order valence-electron chi connectivity index (χ1n) is 5.41. The van der Waals surface area contributed by atoms with E-state index in [9.17, 15) is 13.6 Å². The highest BCUT2D eigenvalue weighted by atomic mass is 32.1. The van der Waals surface area contributed by atoms with Crippen LogP contribution in [0.15, 0.2) is 17.5 Å². The second-order valence-electron chi connectivity index (χ2n) is 3.87. The molecule has 0 radical (unpaired) electrons. The summed E-state index contributed by atoms with van der Waals surface area (Å²) in [6, 6.07) is 2.03. The number of aromatic nitrogens is 1. The third-order valence-electron chi connectivity index (χ3n) is 2.44. The van der Waals surface area contributed by atoms with Crippen molar-refractivity contribution in [1.82, 2.24) is 10.3 Å². The molecule has 0 saturated carbocycles. The van der Waals surface area contributed by atoms with Gasteiger partial charge in [-0.3, -0.25) is 4.79 Å². The van der Waals surface area contributed by atoms with Crippen molar-refractivity contribution in [1.29, 1.82) is 0 Å². The maximum atomic E-state index is 13.6. The van der Waals surface area contributed by atoms with Crippen molar-refractivity contribution in [3.63, 3.8) is 0 Å². The Hall–Kier alpha value is -2.02. The van der Waals surface area contributed by atoms with Gasteiger partial charge in [-0.25, -0.2) is 13.8 Å². The lowest BCUT2D eigenvalue weighted by Gasteiger charge is -2.07. The largest absolute Gasteiger partial charge is 0.396 e. The molecule has 100 valence electrons. The van der Waals surface area contributed by atoms with Gasteiger partial charge in [0.05, 0.1) is 22.9 Å². The van der Waals surface area contributed by atoms with Gasteiger partial charge in [-0.1, -0.05) is 0 Å². The summed E-state index contributed by atoms with van der Waals surface area (Å²) in [6.07, 6.45) is 0. The Morgan fingerprint density at radius 3 is 2.84 bits per heavy atom. The molecule has 0 aliphatic rings. The van der Waals surface area contributed by atoms with Crippen molar-refractivity contribution < 1.29 is 13.6 Å². The minimum Gasteiger partial charge on any atom is -0.396 e. The van der Waals surface area contributed by atoms with Gasteiger partial charge in [0.1, 0.15) is 11.4 Å². The molecular weight excluding hydrogens is 272 g/mol. The fraction of sp³-hybridized carbons (Fsp3) is 0.167. The topological polar surface area (TPSA) is 68.0 Å². The SMILES string of the molecule is Cc1nc(CNC(=O)c2c(F)ccc(N)c2F)cs1. The Balaban J connectivity index is 2.14. The van der Waals surface area contributed by atoms with Crippen LogP contribution < -0.4 is 11.1 Å². The van der Waals surface area contributed by atoms with Crippen LogP contribution in [-0.4, -0.2) is 10.9 Å². The molecule has 0 spiro atoms.